The summed E-state index contributed by atoms with van der Waals surface area (Å²) in [6, 6.07) is 3.22. The van der Waals surface area contributed by atoms with Gasteiger partial charge in [-0.1, -0.05) is 0 Å². The van der Waals surface area contributed by atoms with Crippen molar-refractivity contribution in [2.24, 2.45) is 0 Å². The summed E-state index contributed by atoms with van der Waals surface area (Å²) in [7, 11) is 1.19. The maximum Gasteiger partial charge on any atom is 0.341 e. The van der Waals surface area contributed by atoms with Crippen LogP contribution in [0, 0.1) is 11.6 Å². The molecule has 0 fully saturated rings. The number of hydrogen-bond acceptors (Lipinski definition) is 4. The fraction of sp³-hybridized carbons (Fsp3) is 0.0714. The number of rotatable bonds is 2. The zero-order valence-electron chi connectivity index (χ0n) is 11.3. The van der Waals surface area contributed by atoms with Crippen LogP contribution in [0.15, 0.2) is 35.4 Å². The molecule has 0 unspecified atom stereocenters. The molecule has 8 heteroatoms. The SMILES string of the molecule is COC(=O)c1cn(-c2ccc(F)c(F)c2)cc2c(=O)[nH]nc1-2. The van der Waals surface area contributed by atoms with Crippen LogP contribution >= 0.6 is 0 Å². The van der Waals surface area contributed by atoms with Gasteiger partial charge >= 0.3 is 5.97 Å². The molecule has 0 atom stereocenters. The summed E-state index contributed by atoms with van der Waals surface area (Å²) in [5.74, 6) is -2.74. The van der Waals surface area contributed by atoms with E-state index >= 15 is 0 Å². The lowest BCUT2D eigenvalue weighted by molar-refractivity contribution is 0.0600. The molecule has 0 aliphatic carbocycles. The van der Waals surface area contributed by atoms with E-state index in [2.05, 4.69) is 14.9 Å². The maximum absolute atomic E-state index is 13.4. The number of H-pyrrole nitrogens is 1. The molecule has 0 saturated carbocycles. The van der Waals surface area contributed by atoms with Crippen molar-refractivity contribution in [1.29, 1.82) is 0 Å². The minimum Gasteiger partial charge on any atom is -0.465 e. The first-order chi connectivity index (χ1) is 10.5. The summed E-state index contributed by atoms with van der Waals surface area (Å²) in [6.07, 6.45) is 2.71. The lowest BCUT2D eigenvalue weighted by Gasteiger charge is -2.12. The summed E-state index contributed by atoms with van der Waals surface area (Å²) in [6.45, 7) is 0. The molecule has 3 rings (SSSR count). The number of halogens is 2. The number of fused-ring (bicyclic) bond motifs is 1. The van der Waals surface area contributed by atoms with E-state index < -0.39 is 23.2 Å². The molecule has 0 bridgehead atoms. The molecule has 1 aromatic carbocycles. The standard InChI is InChI=1S/C14H9F2N3O3/c1-22-14(21)9-6-19(5-8-12(9)17-18-13(8)20)7-2-3-10(15)11(16)4-7/h2-6H,1H3,(H,18,20). The Morgan fingerprint density at radius 1 is 1.27 bits per heavy atom. The number of carbonyl (C=O) groups excluding carboxylic acids is 1. The van der Waals surface area contributed by atoms with E-state index in [-0.39, 0.29) is 22.5 Å². The van der Waals surface area contributed by atoms with Crippen molar-refractivity contribution in [2.45, 2.75) is 0 Å². The molecule has 2 aliphatic heterocycles. The molecule has 0 amide bonds. The normalized spacial score (nSPS) is 10.9. The number of methoxy groups -OCH3 is 1. The average molecular weight is 305 g/mol. The second-order valence-electron chi connectivity index (χ2n) is 4.48. The monoisotopic (exact) mass is 305 g/mol. The maximum atomic E-state index is 13.4. The van der Waals surface area contributed by atoms with Crippen LogP contribution in [0.2, 0.25) is 0 Å². The third-order valence-electron chi connectivity index (χ3n) is 3.17. The minimum absolute atomic E-state index is 0.0306. The Morgan fingerprint density at radius 2 is 2.05 bits per heavy atom. The number of aromatic nitrogens is 3. The second-order valence-corrected chi connectivity index (χ2v) is 4.48. The van der Waals surface area contributed by atoms with Crippen molar-refractivity contribution < 1.29 is 18.3 Å². The molecule has 0 saturated heterocycles. The van der Waals surface area contributed by atoms with E-state index in [1.54, 1.807) is 0 Å². The zero-order valence-corrected chi connectivity index (χ0v) is 11.3. The van der Waals surface area contributed by atoms with Gasteiger partial charge in [-0.2, -0.15) is 5.10 Å². The zero-order chi connectivity index (χ0) is 15.9. The van der Waals surface area contributed by atoms with Gasteiger partial charge in [0.05, 0.1) is 12.7 Å². The predicted octanol–water partition coefficient (Wildman–Crippen LogP) is 1.73. The largest absolute Gasteiger partial charge is 0.465 e. The smallest absolute Gasteiger partial charge is 0.341 e. The topological polar surface area (TPSA) is 77.0 Å². The van der Waals surface area contributed by atoms with Crippen molar-refractivity contribution in [3.63, 3.8) is 0 Å². The Bertz CT molecular complexity index is 901. The fourth-order valence-electron chi connectivity index (χ4n) is 2.09. The average Bonchev–Trinajstić information content (AvgIpc) is 2.90. The van der Waals surface area contributed by atoms with Crippen molar-refractivity contribution in [2.75, 3.05) is 7.11 Å². The minimum atomic E-state index is -1.04. The lowest BCUT2D eigenvalue weighted by Crippen LogP contribution is -2.11. The van der Waals surface area contributed by atoms with E-state index in [4.69, 9.17) is 0 Å². The number of esters is 1. The van der Waals surface area contributed by atoms with Crippen molar-refractivity contribution in [3.8, 4) is 16.9 Å². The number of pyridine rings is 1. The summed E-state index contributed by atoms with van der Waals surface area (Å²) in [5.41, 5.74) is 0.0510. The molecule has 1 N–H and O–H groups in total. The van der Waals surface area contributed by atoms with E-state index in [1.807, 2.05) is 0 Å². The molecule has 6 nitrogen and oxygen atoms in total. The van der Waals surface area contributed by atoms with Crippen LogP contribution in [-0.4, -0.2) is 27.8 Å². The van der Waals surface area contributed by atoms with Crippen molar-refractivity contribution in [3.05, 3.63) is 58.1 Å². The van der Waals surface area contributed by atoms with Gasteiger partial charge in [0.2, 0.25) is 0 Å². The van der Waals surface area contributed by atoms with E-state index in [9.17, 15) is 18.4 Å². The molecule has 2 heterocycles. The number of ether oxygens (including phenoxy) is 1. The molecule has 2 aliphatic rings. The van der Waals surface area contributed by atoms with E-state index in [0.29, 0.717) is 0 Å². The lowest BCUT2D eigenvalue weighted by atomic mass is 10.1. The quantitative estimate of drug-likeness (QED) is 0.732. The molecule has 22 heavy (non-hydrogen) atoms. The van der Waals surface area contributed by atoms with Gasteiger partial charge in [0.1, 0.15) is 11.3 Å². The first kappa shape index (κ1) is 13.9. The summed E-state index contributed by atoms with van der Waals surface area (Å²) >= 11 is 0. The Balaban J connectivity index is 2.27. The number of aromatic amines is 1. The number of benzene rings is 1. The van der Waals surface area contributed by atoms with Crippen LogP contribution in [0.25, 0.3) is 16.9 Å². The van der Waals surface area contributed by atoms with Crippen molar-refractivity contribution >= 4 is 5.97 Å². The van der Waals surface area contributed by atoms with Gasteiger partial charge in [-0.05, 0) is 12.1 Å². The van der Waals surface area contributed by atoms with Crippen LogP contribution in [0.4, 0.5) is 8.78 Å². The number of nitrogens with zero attached hydrogens (tertiary/aromatic N) is 2. The van der Waals surface area contributed by atoms with Crippen LogP contribution in [-0.2, 0) is 4.74 Å². The predicted molar refractivity (Wildman–Crippen MR) is 72.1 cm³/mol. The molecule has 0 radical (unpaired) electrons. The van der Waals surface area contributed by atoms with Gasteiger partial charge in [0.15, 0.2) is 11.6 Å². The highest BCUT2D eigenvalue weighted by Crippen LogP contribution is 2.23. The van der Waals surface area contributed by atoms with Crippen molar-refractivity contribution in [1.82, 2.24) is 14.8 Å². The van der Waals surface area contributed by atoms with Gasteiger partial charge in [0, 0.05) is 24.1 Å². The highest BCUT2D eigenvalue weighted by atomic mass is 19.2. The Morgan fingerprint density at radius 3 is 2.73 bits per heavy atom. The molecular formula is C14H9F2N3O3. The van der Waals surface area contributed by atoms with Crippen LogP contribution in [0.3, 0.4) is 0 Å². The van der Waals surface area contributed by atoms with Gasteiger partial charge < -0.3 is 9.30 Å². The Kier molecular flexibility index (Phi) is 3.21. The van der Waals surface area contributed by atoms with Crippen LogP contribution in [0.1, 0.15) is 10.4 Å². The molecule has 112 valence electrons. The first-order valence-electron chi connectivity index (χ1n) is 6.15. The highest BCUT2D eigenvalue weighted by molar-refractivity contribution is 5.96. The fourth-order valence-corrected chi connectivity index (χ4v) is 2.09. The Hall–Kier alpha value is -3.03. The summed E-state index contributed by atoms with van der Waals surface area (Å²) in [5, 5.41) is 6.00. The third-order valence-corrected chi connectivity index (χ3v) is 3.17. The van der Waals surface area contributed by atoms with Crippen LogP contribution < -0.4 is 5.56 Å². The first-order valence-corrected chi connectivity index (χ1v) is 6.15. The third kappa shape index (κ3) is 2.14. The van der Waals surface area contributed by atoms with Gasteiger partial charge in [-0.25, -0.2) is 18.7 Å². The highest BCUT2D eigenvalue weighted by Gasteiger charge is 2.22. The van der Waals surface area contributed by atoms with Gasteiger partial charge in [0.25, 0.3) is 5.56 Å². The van der Waals surface area contributed by atoms with E-state index in [1.165, 1.54) is 30.1 Å². The number of nitrogens with one attached hydrogen (secondary N) is 1. The summed E-state index contributed by atoms with van der Waals surface area (Å²) in [4.78, 5) is 23.5. The Labute approximate surface area is 122 Å². The van der Waals surface area contributed by atoms with E-state index in [0.717, 1.165) is 12.1 Å². The molecule has 0 aromatic heterocycles. The van der Waals surface area contributed by atoms with Gasteiger partial charge in [-0.15, -0.1) is 0 Å². The molecule has 1 aromatic rings. The molecular weight excluding hydrogens is 296 g/mol. The van der Waals surface area contributed by atoms with Crippen LogP contribution in [0.5, 0.6) is 0 Å². The number of hydrogen-bond donors (Lipinski definition) is 1. The summed E-state index contributed by atoms with van der Waals surface area (Å²) < 4.78 is 32.4. The molecule has 0 spiro atoms. The van der Waals surface area contributed by atoms with Gasteiger partial charge in [-0.3, -0.25) is 4.79 Å². The second kappa shape index (κ2) is 5.06. The number of carbonyl (C=O) groups is 1.